The van der Waals surface area contributed by atoms with E-state index in [0.29, 0.717) is 24.2 Å². The van der Waals surface area contributed by atoms with Gasteiger partial charge in [0.1, 0.15) is 0 Å². The second-order valence-corrected chi connectivity index (χ2v) is 35.0. The number of rotatable bonds is 12. The largest absolute Gasteiger partial charge is 0.365 e. The number of piperidine rings is 4. The van der Waals surface area contributed by atoms with Crippen molar-refractivity contribution in [2.45, 2.75) is 88.4 Å². The van der Waals surface area contributed by atoms with Crippen molar-refractivity contribution < 1.29 is 0 Å². The Morgan fingerprint density at radius 2 is 0.586 bits per heavy atom. The first-order chi connectivity index (χ1) is 57.5. The molecule has 27 rings (SSSR count). The zero-order valence-electron chi connectivity index (χ0n) is 65.0. The lowest BCUT2D eigenvalue weighted by atomic mass is 9.30. The van der Waals surface area contributed by atoms with Crippen LogP contribution in [-0.2, 0) is 0 Å². The Hall–Kier alpha value is -12.8. The van der Waals surface area contributed by atoms with Crippen molar-refractivity contribution in [3.8, 4) is 77.9 Å². The van der Waals surface area contributed by atoms with Crippen molar-refractivity contribution in [1.29, 1.82) is 0 Å². The molecule has 4 saturated carbocycles. The Labute approximate surface area is 681 Å². The zero-order chi connectivity index (χ0) is 75.8. The van der Waals surface area contributed by atoms with E-state index in [0.717, 1.165) is 35.0 Å². The predicted octanol–water partition coefficient (Wildman–Crippen LogP) is 23.3. The van der Waals surface area contributed by atoms with Crippen molar-refractivity contribution >= 4 is 120 Å². The van der Waals surface area contributed by atoms with Gasteiger partial charge < -0.3 is 29.8 Å². The quantitative estimate of drug-likeness (QED) is 0.123. The summed E-state index contributed by atoms with van der Waals surface area (Å²) in [6.45, 7) is -0.404. The van der Waals surface area contributed by atoms with Crippen molar-refractivity contribution in [2.24, 2.45) is 23.7 Å². The molecule has 0 radical (unpaired) electrons. The van der Waals surface area contributed by atoms with Gasteiger partial charge in [-0.2, -0.15) is 0 Å². The molecule has 8 aliphatic heterocycles. The van der Waals surface area contributed by atoms with Gasteiger partial charge in [-0.1, -0.05) is 297 Å². The molecule has 0 unspecified atom stereocenters. The van der Waals surface area contributed by atoms with Crippen LogP contribution in [-0.4, -0.2) is 37.6 Å². The SMILES string of the molecule is c1ccc(-c2cccc(-c3ccccc3)c2-c2c(N3C4CC5CC(C4)CC3C5)cc3c4c2Nc2cc5c(cc2B4c2ccccc2N3c2c(-c3ccccc3)cccc2-c2ccccc2)B2c3ccccc3N(c3c(-c4ccccc4)cccc3-c3ccccc3)c3cc(N4C6CC7CC(C6)CC4C7)cc(c32)N5c2ccccc2)cc1. The molecule has 554 valence electrons. The van der Waals surface area contributed by atoms with E-state index in [1.165, 1.54) is 237 Å². The molecule has 0 spiro atoms. The number of nitrogens with one attached hydrogen (secondary N) is 1. The van der Waals surface area contributed by atoms with E-state index in [1.54, 1.807) is 0 Å². The summed E-state index contributed by atoms with van der Waals surface area (Å²) >= 11 is 0. The van der Waals surface area contributed by atoms with E-state index in [2.05, 4.69) is 370 Å². The Bertz CT molecular complexity index is 6210. The van der Waals surface area contributed by atoms with Gasteiger partial charge in [-0.25, -0.2) is 0 Å². The third kappa shape index (κ3) is 10.2. The molecule has 12 aliphatic rings. The second-order valence-electron chi connectivity index (χ2n) is 35.0. The Kier molecular flexibility index (Phi) is 15.2. The molecule has 15 aromatic carbocycles. The molecule has 8 fully saturated rings. The van der Waals surface area contributed by atoms with Crippen LogP contribution >= 0.6 is 0 Å². The molecule has 4 aliphatic carbocycles. The predicted molar refractivity (Wildman–Crippen MR) is 488 cm³/mol. The average molecular weight is 1490 g/mol. The first-order valence-electron chi connectivity index (χ1n) is 42.8. The summed E-state index contributed by atoms with van der Waals surface area (Å²) in [5.74, 6) is 3.08. The van der Waals surface area contributed by atoms with Crippen LogP contribution in [0.4, 0.5) is 73.9 Å². The molecule has 0 aromatic heterocycles. The molecule has 116 heavy (non-hydrogen) atoms. The minimum Gasteiger partial charge on any atom is -0.365 e. The fourth-order valence-electron chi connectivity index (χ4n) is 24.6. The molecule has 8 heterocycles. The summed E-state index contributed by atoms with van der Waals surface area (Å²) in [5, 5.41) is 4.76. The highest BCUT2D eigenvalue weighted by atomic mass is 15.3. The van der Waals surface area contributed by atoms with E-state index in [9.17, 15) is 0 Å². The van der Waals surface area contributed by atoms with Gasteiger partial charge in [0.05, 0.1) is 11.4 Å². The maximum absolute atomic E-state index is 4.76. The van der Waals surface area contributed by atoms with Gasteiger partial charge in [0.2, 0.25) is 0 Å². The van der Waals surface area contributed by atoms with Crippen molar-refractivity contribution in [3.05, 3.63) is 346 Å². The van der Waals surface area contributed by atoms with E-state index in [1.807, 2.05) is 0 Å². The van der Waals surface area contributed by atoms with Crippen molar-refractivity contribution in [3.63, 3.8) is 0 Å². The maximum atomic E-state index is 4.76. The average Bonchev–Trinajstić information content (AvgIpc) is 0.680. The molecule has 1 N–H and O–H groups in total. The zero-order valence-corrected chi connectivity index (χ0v) is 65.0. The normalized spacial score (nSPS) is 20.9. The summed E-state index contributed by atoms with van der Waals surface area (Å²) in [7, 11) is 0. The van der Waals surface area contributed by atoms with Gasteiger partial charge in [-0.05, 0) is 214 Å². The number of nitrogens with zero attached hydrogens (tertiary/aromatic N) is 5. The fraction of sp³-hybridized carbons (Fsp3) is 0.167. The third-order valence-electron chi connectivity index (χ3n) is 28.7. The van der Waals surface area contributed by atoms with Crippen LogP contribution in [0.15, 0.2) is 346 Å². The summed E-state index contributed by atoms with van der Waals surface area (Å²) < 4.78 is 0. The van der Waals surface area contributed by atoms with Crippen LogP contribution in [0.1, 0.15) is 64.2 Å². The minimum absolute atomic E-state index is 0.171. The highest BCUT2D eigenvalue weighted by Gasteiger charge is 2.54. The Morgan fingerprint density at radius 1 is 0.233 bits per heavy atom. The molecule has 6 nitrogen and oxygen atoms in total. The third-order valence-corrected chi connectivity index (χ3v) is 28.7. The van der Waals surface area contributed by atoms with Crippen molar-refractivity contribution in [1.82, 2.24) is 0 Å². The fourth-order valence-corrected chi connectivity index (χ4v) is 24.6. The summed E-state index contributed by atoms with van der Waals surface area (Å²) in [4.78, 5) is 14.2. The molecule has 0 amide bonds. The lowest BCUT2D eigenvalue weighted by Gasteiger charge is -2.58. The Morgan fingerprint density at radius 3 is 1.02 bits per heavy atom. The van der Waals surface area contributed by atoms with Crippen LogP contribution in [0.3, 0.4) is 0 Å². The topological polar surface area (TPSA) is 28.2 Å². The molecular weight excluding hydrogens is 1400 g/mol. The summed E-state index contributed by atoms with van der Waals surface area (Å²) in [6, 6.07) is 135. The Balaban J connectivity index is 0.807. The number of hydrogen-bond acceptors (Lipinski definition) is 6. The van der Waals surface area contributed by atoms with Gasteiger partial charge >= 0.3 is 0 Å². The molecule has 15 aromatic rings. The van der Waals surface area contributed by atoms with E-state index in [4.69, 9.17) is 5.32 Å². The first-order valence-corrected chi connectivity index (χ1v) is 42.8. The molecule has 8 heteroatoms. The lowest BCUT2D eigenvalue weighted by Crippen LogP contribution is -2.65. The van der Waals surface area contributed by atoms with Crippen LogP contribution in [0.5, 0.6) is 0 Å². The van der Waals surface area contributed by atoms with E-state index in [-0.39, 0.29) is 13.4 Å². The number of benzene rings is 15. The van der Waals surface area contributed by atoms with Crippen LogP contribution in [0.25, 0.3) is 77.9 Å². The monoisotopic (exact) mass is 1490 g/mol. The van der Waals surface area contributed by atoms with Gasteiger partial charge in [-0.15, -0.1) is 0 Å². The number of fused-ring (bicyclic) bond motifs is 8. The first kappa shape index (κ1) is 66.6. The van der Waals surface area contributed by atoms with Crippen molar-refractivity contribution in [2.75, 3.05) is 29.8 Å². The van der Waals surface area contributed by atoms with Crippen LogP contribution in [0.2, 0.25) is 0 Å². The second kappa shape index (κ2) is 26.4. The molecule has 4 saturated heterocycles. The highest BCUT2D eigenvalue weighted by molar-refractivity contribution is 7.03. The maximum Gasteiger partial charge on any atom is 0.252 e. The van der Waals surface area contributed by atoms with Gasteiger partial charge in [0, 0.05) is 120 Å². The van der Waals surface area contributed by atoms with E-state index < -0.39 is 0 Å². The molecule has 8 bridgehead atoms. The number of hydrogen-bond donors (Lipinski definition) is 1. The summed E-state index contributed by atoms with van der Waals surface area (Å²) in [6.07, 6.45) is 12.7. The van der Waals surface area contributed by atoms with E-state index >= 15 is 0 Å². The van der Waals surface area contributed by atoms with Crippen LogP contribution < -0.4 is 62.6 Å². The highest BCUT2D eigenvalue weighted by Crippen LogP contribution is 2.61. The van der Waals surface area contributed by atoms with Gasteiger partial charge in [0.25, 0.3) is 13.4 Å². The van der Waals surface area contributed by atoms with Crippen LogP contribution in [0, 0.1) is 23.7 Å². The van der Waals surface area contributed by atoms with Gasteiger partial charge in [-0.3, -0.25) is 0 Å². The smallest absolute Gasteiger partial charge is 0.252 e. The molecular formula is C108H86B2N6. The van der Waals surface area contributed by atoms with Gasteiger partial charge in [0.15, 0.2) is 0 Å². The number of anilines is 13. The standard InChI is InChI=1S/C108H86B2N6/c1-8-29-72(30-9-1)84-43-26-44-85(73-31-10-2-11-32-73)102(84)103-98(113-81-59-70-54-71(61-81)62-82(113)60-70)67-101-105-106(103)111-94-66-97-93(65-92(94)109(105)90-49-22-24-51-95(90)116(101)108-88(76-37-16-5-17-38-76)47-28-48-89(108)77-39-18-6-19-40-77)110-91-50-23-25-52-96(91)115(107-86(74-33-12-3-13-34-74)45-27-46-87(107)75-35-14-4-15-36-75)100-64-83(112-79-55-68-53-69(57-79)58-80(112)56-68)63-99(104(100)110)114(97)78-41-20-7-21-42-78/h1-52,63-71,79-82,111H,53-62H2. The molecule has 0 atom stereocenters. The lowest BCUT2D eigenvalue weighted by molar-refractivity contribution is 0.0899. The number of para-hydroxylation sites is 5. The minimum atomic E-state index is -0.233. The summed E-state index contributed by atoms with van der Waals surface area (Å²) in [5.41, 5.74) is 40.7.